The van der Waals surface area contributed by atoms with Crippen molar-refractivity contribution in [3.8, 4) is 16.9 Å². The van der Waals surface area contributed by atoms with Gasteiger partial charge >= 0.3 is 4.87 Å². The zero-order chi connectivity index (χ0) is 35.4. The highest BCUT2D eigenvalue weighted by atomic mass is 32.1. The van der Waals surface area contributed by atoms with Crippen molar-refractivity contribution >= 4 is 27.5 Å². The molecular formula is C40H43FN4O5S. The van der Waals surface area contributed by atoms with Gasteiger partial charge in [-0.1, -0.05) is 78.1 Å². The largest absolute Gasteiger partial charge is 0.506 e. The molecule has 11 heteroatoms. The summed E-state index contributed by atoms with van der Waals surface area (Å²) in [4.78, 5) is 31.8. The molecule has 1 spiro atoms. The zero-order valence-electron chi connectivity index (χ0n) is 28.4. The van der Waals surface area contributed by atoms with E-state index in [0.717, 1.165) is 65.1 Å². The summed E-state index contributed by atoms with van der Waals surface area (Å²) >= 11 is 0.955. The number of halogens is 1. The Kier molecular flexibility index (Phi) is 10.6. The number of amides is 1. The number of hydrogen-bond acceptors (Lipinski definition) is 8. The molecule has 7 rings (SSSR count). The van der Waals surface area contributed by atoms with Gasteiger partial charge in [0.05, 0.1) is 29.4 Å². The van der Waals surface area contributed by atoms with Crippen molar-refractivity contribution in [3.63, 3.8) is 0 Å². The number of aromatic amines is 1. The van der Waals surface area contributed by atoms with Crippen molar-refractivity contribution in [2.75, 3.05) is 45.9 Å². The minimum absolute atomic E-state index is 0.0311. The standard InChI is InChI=1S/C40H43FN4O5S/c41-32-21-28(12-15-42-24-35(47)33-10-11-34(46)37-38(33)51-39(49)43-37)20-29(22-32)25-44-16-13-40(14-17-44)26-45(18-19-50-40)36(48)23-27-6-8-31(9-7-27)30-4-2-1-3-5-30/h1-11,20-22,35,42,46-47H,12-19,23-26H2,(H,43,49)/t35-/m0/s1. The number of thiazole rings is 1. The molecule has 0 unspecified atom stereocenters. The molecule has 0 saturated carbocycles. The Morgan fingerprint density at radius 2 is 1.71 bits per heavy atom. The summed E-state index contributed by atoms with van der Waals surface area (Å²) in [5, 5.41) is 24.0. The van der Waals surface area contributed by atoms with Crippen LogP contribution in [-0.4, -0.2) is 82.4 Å². The van der Waals surface area contributed by atoms with E-state index in [4.69, 9.17) is 4.74 Å². The second kappa shape index (κ2) is 15.5. The van der Waals surface area contributed by atoms with Crippen LogP contribution in [0.3, 0.4) is 0 Å². The number of benzene rings is 4. The number of morpholine rings is 1. The van der Waals surface area contributed by atoms with Gasteiger partial charge in [0.25, 0.3) is 0 Å². The maximum absolute atomic E-state index is 14.7. The Hall–Kier alpha value is -4.39. The van der Waals surface area contributed by atoms with E-state index in [2.05, 4.69) is 39.5 Å². The smallest absolute Gasteiger partial charge is 0.305 e. The van der Waals surface area contributed by atoms with Crippen LogP contribution in [0, 0.1) is 5.82 Å². The Bertz CT molecular complexity index is 2020. The van der Waals surface area contributed by atoms with Crippen LogP contribution in [0.5, 0.6) is 5.75 Å². The molecule has 0 radical (unpaired) electrons. The average Bonchev–Trinajstić information content (AvgIpc) is 3.54. The van der Waals surface area contributed by atoms with Crippen molar-refractivity contribution in [2.45, 2.75) is 43.9 Å². The molecule has 0 bridgehead atoms. The number of rotatable bonds is 11. The van der Waals surface area contributed by atoms with E-state index in [1.165, 1.54) is 6.07 Å². The number of carbonyl (C=O) groups excluding carboxylic acids is 1. The van der Waals surface area contributed by atoms with Gasteiger partial charge in [-0.05, 0) is 71.8 Å². The van der Waals surface area contributed by atoms with Gasteiger partial charge in [0.15, 0.2) is 0 Å². The van der Waals surface area contributed by atoms with Crippen LogP contribution in [0.2, 0.25) is 0 Å². The lowest BCUT2D eigenvalue weighted by Gasteiger charge is -2.47. The van der Waals surface area contributed by atoms with Crippen molar-refractivity contribution < 1.29 is 24.1 Å². The summed E-state index contributed by atoms with van der Waals surface area (Å²) < 4.78 is 21.6. The number of carbonyl (C=O) groups is 1. The number of aliphatic hydroxyl groups excluding tert-OH is 1. The second-order valence-electron chi connectivity index (χ2n) is 13.7. The number of likely N-dealkylation sites (tertiary alicyclic amines) is 1. The van der Waals surface area contributed by atoms with Crippen LogP contribution in [0.1, 0.15) is 41.2 Å². The summed E-state index contributed by atoms with van der Waals surface area (Å²) in [5.74, 6) is -0.179. The molecule has 3 heterocycles. The number of phenolic OH excluding ortho intramolecular Hbond substituents is 1. The predicted molar refractivity (Wildman–Crippen MR) is 197 cm³/mol. The number of nitrogens with zero attached hydrogens (tertiary/aromatic N) is 2. The van der Waals surface area contributed by atoms with Crippen LogP contribution >= 0.6 is 11.3 Å². The first kappa shape index (κ1) is 35.0. The molecule has 2 aliphatic rings. The first-order valence-corrected chi connectivity index (χ1v) is 18.4. The van der Waals surface area contributed by atoms with Gasteiger partial charge in [-0.2, -0.15) is 0 Å². The number of H-pyrrole nitrogens is 1. The average molecular weight is 711 g/mol. The van der Waals surface area contributed by atoms with Gasteiger partial charge < -0.3 is 30.2 Å². The molecule has 266 valence electrons. The third kappa shape index (κ3) is 8.40. The third-order valence-electron chi connectivity index (χ3n) is 10.1. The number of piperidine rings is 1. The number of aromatic nitrogens is 1. The monoisotopic (exact) mass is 710 g/mol. The number of aliphatic hydroxyl groups is 1. The predicted octanol–water partition coefficient (Wildman–Crippen LogP) is 5.40. The normalized spacial score (nSPS) is 16.9. The molecule has 0 aliphatic carbocycles. The first-order chi connectivity index (χ1) is 24.7. The van der Waals surface area contributed by atoms with Crippen LogP contribution < -0.4 is 10.2 Å². The van der Waals surface area contributed by atoms with Crippen molar-refractivity contribution in [1.29, 1.82) is 0 Å². The highest BCUT2D eigenvalue weighted by molar-refractivity contribution is 7.16. The molecule has 1 aromatic heterocycles. The van der Waals surface area contributed by atoms with Gasteiger partial charge in [-0.15, -0.1) is 0 Å². The van der Waals surface area contributed by atoms with Crippen LogP contribution in [0.15, 0.2) is 89.7 Å². The van der Waals surface area contributed by atoms with E-state index >= 15 is 0 Å². The van der Waals surface area contributed by atoms with Crippen molar-refractivity contribution in [2.24, 2.45) is 0 Å². The van der Waals surface area contributed by atoms with E-state index in [1.54, 1.807) is 18.2 Å². The first-order valence-electron chi connectivity index (χ1n) is 17.5. The van der Waals surface area contributed by atoms with Crippen LogP contribution in [-0.2, 0) is 28.9 Å². The topological polar surface area (TPSA) is 118 Å². The number of ether oxygens (including phenoxy) is 1. The number of aromatic hydroxyl groups is 1. The molecule has 4 aromatic carbocycles. The third-order valence-corrected chi connectivity index (χ3v) is 11.0. The summed E-state index contributed by atoms with van der Waals surface area (Å²) in [5.41, 5.74) is 5.63. The quantitative estimate of drug-likeness (QED) is 0.136. The second-order valence-corrected chi connectivity index (χ2v) is 14.7. The molecule has 1 amide bonds. The van der Waals surface area contributed by atoms with Gasteiger partial charge in [-0.25, -0.2) is 4.39 Å². The van der Waals surface area contributed by atoms with Gasteiger partial charge in [0, 0.05) is 44.8 Å². The molecule has 1 atom stereocenters. The Balaban J connectivity index is 0.876. The molecule has 9 nitrogen and oxygen atoms in total. The fourth-order valence-electron chi connectivity index (χ4n) is 7.31. The summed E-state index contributed by atoms with van der Waals surface area (Å²) in [6.45, 7) is 4.73. The van der Waals surface area contributed by atoms with E-state index in [1.807, 2.05) is 41.3 Å². The maximum atomic E-state index is 14.7. The van der Waals surface area contributed by atoms with Gasteiger partial charge in [0.1, 0.15) is 17.1 Å². The van der Waals surface area contributed by atoms with E-state index in [0.29, 0.717) is 61.4 Å². The van der Waals surface area contributed by atoms with Crippen LogP contribution in [0.4, 0.5) is 4.39 Å². The number of nitrogens with one attached hydrogen (secondary N) is 2. The molecule has 5 aromatic rings. The summed E-state index contributed by atoms with van der Waals surface area (Å²) in [7, 11) is 0. The number of fused-ring (bicyclic) bond motifs is 1. The number of hydrogen-bond donors (Lipinski definition) is 4. The Labute approximate surface area is 300 Å². The van der Waals surface area contributed by atoms with E-state index < -0.39 is 6.10 Å². The minimum atomic E-state index is -0.874. The highest BCUT2D eigenvalue weighted by Crippen LogP contribution is 2.33. The molecule has 2 fully saturated rings. The van der Waals surface area contributed by atoms with Crippen LogP contribution in [0.25, 0.3) is 21.3 Å². The van der Waals surface area contributed by atoms with E-state index in [9.17, 15) is 24.2 Å². The van der Waals surface area contributed by atoms with E-state index in [-0.39, 0.29) is 34.5 Å². The van der Waals surface area contributed by atoms with Crippen molar-refractivity contribution in [1.82, 2.24) is 20.1 Å². The zero-order valence-corrected chi connectivity index (χ0v) is 29.3. The lowest BCUT2D eigenvalue weighted by atomic mass is 9.88. The molecule has 2 aliphatic heterocycles. The summed E-state index contributed by atoms with van der Waals surface area (Å²) in [6, 6.07) is 26.7. The fourth-order valence-corrected chi connectivity index (χ4v) is 8.22. The highest BCUT2D eigenvalue weighted by Gasteiger charge is 2.41. The molecule has 4 N–H and O–H groups in total. The summed E-state index contributed by atoms with van der Waals surface area (Å²) in [6.07, 6.45) is 1.70. The molecule has 51 heavy (non-hydrogen) atoms. The minimum Gasteiger partial charge on any atom is -0.506 e. The fraction of sp³-hybridized carbons (Fsp3) is 0.350. The SMILES string of the molecule is O=C(Cc1ccc(-c2ccccc2)cc1)N1CCOC2(CCN(Cc3cc(F)cc(CCNC[C@H](O)c4ccc(O)c5[nH]c(=O)sc45)c3)CC2)C1. The molecular weight excluding hydrogens is 668 g/mol. The Morgan fingerprint density at radius 3 is 2.49 bits per heavy atom. The lowest BCUT2D eigenvalue weighted by Crippen LogP contribution is -2.58. The number of phenols is 1. The Morgan fingerprint density at radius 1 is 0.961 bits per heavy atom. The molecule has 2 saturated heterocycles. The lowest BCUT2D eigenvalue weighted by molar-refractivity contribution is -0.159. The van der Waals surface area contributed by atoms with Gasteiger partial charge in [-0.3, -0.25) is 14.5 Å². The van der Waals surface area contributed by atoms with Crippen molar-refractivity contribution in [3.05, 3.63) is 123 Å². The maximum Gasteiger partial charge on any atom is 0.305 e. The van der Waals surface area contributed by atoms with Gasteiger partial charge in [0.2, 0.25) is 5.91 Å².